The van der Waals surface area contributed by atoms with Crippen molar-refractivity contribution in [2.24, 2.45) is 0 Å². The summed E-state index contributed by atoms with van der Waals surface area (Å²) < 4.78 is 0. The minimum atomic E-state index is 0.107. The second-order valence-corrected chi connectivity index (χ2v) is 6.90. The molecule has 0 aliphatic carbocycles. The largest absolute Gasteiger partial charge is 0.378 e. The van der Waals surface area contributed by atoms with E-state index in [9.17, 15) is 4.79 Å². The van der Waals surface area contributed by atoms with Crippen LogP contribution in [0.1, 0.15) is 16.7 Å². The Kier molecular flexibility index (Phi) is 7.02. The maximum absolute atomic E-state index is 12.1. The fourth-order valence-corrected chi connectivity index (χ4v) is 2.89. The average Bonchev–Trinajstić information content (AvgIpc) is 2.57. The van der Waals surface area contributed by atoms with Crippen LogP contribution in [-0.4, -0.2) is 40.1 Å². The Balaban J connectivity index is 1.73. The van der Waals surface area contributed by atoms with Crippen LogP contribution in [0.5, 0.6) is 0 Å². The molecule has 2 N–H and O–H groups in total. The number of quaternary nitrogens is 1. The normalized spacial score (nSPS) is 11.8. The summed E-state index contributed by atoms with van der Waals surface area (Å²) in [7, 11) is 6.13. The molecule has 0 saturated carbocycles. The SMILES string of the molecule is Cc1ccccc1CCNC(=O)C[NH+](C)Cc1ccc(N(C)C)cc1. The van der Waals surface area contributed by atoms with Gasteiger partial charge in [0.1, 0.15) is 6.54 Å². The van der Waals surface area contributed by atoms with Crippen LogP contribution in [-0.2, 0) is 17.8 Å². The summed E-state index contributed by atoms with van der Waals surface area (Å²) in [6.45, 7) is 4.13. The van der Waals surface area contributed by atoms with Crippen molar-refractivity contribution in [2.75, 3.05) is 39.1 Å². The first-order valence-corrected chi connectivity index (χ1v) is 8.84. The van der Waals surface area contributed by atoms with E-state index in [0.29, 0.717) is 13.1 Å². The number of nitrogens with one attached hydrogen (secondary N) is 2. The van der Waals surface area contributed by atoms with Gasteiger partial charge in [-0.15, -0.1) is 0 Å². The average molecular weight is 340 g/mol. The van der Waals surface area contributed by atoms with Crippen LogP contribution < -0.4 is 15.1 Å². The standard InChI is InChI=1S/C21H29N3O/c1-17-7-5-6-8-19(17)13-14-22-21(25)16-24(4)15-18-9-11-20(12-10-18)23(2)3/h5-12H,13-16H2,1-4H3,(H,22,25)/p+1. The van der Waals surface area contributed by atoms with Gasteiger partial charge in [0.25, 0.3) is 5.91 Å². The number of likely N-dealkylation sites (N-methyl/N-ethyl adjacent to an activating group) is 1. The van der Waals surface area contributed by atoms with E-state index < -0.39 is 0 Å². The van der Waals surface area contributed by atoms with Crippen LogP contribution in [0.15, 0.2) is 48.5 Å². The summed E-state index contributed by atoms with van der Waals surface area (Å²) in [5, 5.41) is 3.03. The van der Waals surface area contributed by atoms with Gasteiger partial charge in [-0.2, -0.15) is 0 Å². The number of amides is 1. The van der Waals surface area contributed by atoms with Crippen LogP contribution in [0.25, 0.3) is 0 Å². The molecule has 1 amide bonds. The maximum atomic E-state index is 12.1. The molecule has 1 unspecified atom stereocenters. The zero-order chi connectivity index (χ0) is 18.2. The highest BCUT2D eigenvalue weighted by atomic mass is 16.2. The van der Waals surface area contributed by atoms with E-state index in [-0.39, 0.29) is 5.91 Å². The molecule has 25 heavy (non-hydrogen) atoms. The molecule has 0 bridgehead atoms. The molecule has 4 nitrogen and oxygen atoms in total. The molecule has 0 spiro atoms. The van der Waals surface area contributed by atoms with Crippen LogP contribution in [0.2, 0.25) is 0 Å². The van der Waals surface area contributed by atoms with Crippen molar-refractivity contribution in [3.8, 4) is 0 Å². The Labute approximate surface area is 151 Å². The van der Waals surface area contributed by atoms with E-state index in [4.69, 9.17) is 0 Å². The Morgan fingerprint density at radius 1 is 1.08 bits per heavy atom. The van der Waals surface area contributed by atoms with Crippen LogP contribution >= 0.6 is 0 Å². The second-order valence-electron chi connectivity index (χ2n) is 6.90. The molecule has 0 aromatic heterocycles. The topological polar surface area (TPSA) is 36.8 Å². The van der Waals surface area contributed by atoms with E-state index in [1.807, 2.05) is 26.2 Å². The molecule has 2 aromatic rings. The molecule has 2 aromatic carbocycles. The number of benzene rings is 2. The zero-order valence-electron chi connectivity index (χ0n) is 15.8. The lowest BCUT2D eigenvalue weighted by Crippen LogP contribution is -3.08. The summed E-state index contributed by atoms with van der Waals surface area (Å²) in [6, 6.07) is 16.8. The van der Waals surface area contributed by atoms with Gasteiger partial charge in [-0.25, -0.2) is 0 Å². The van der Waals surface area contributed by atoms with E-state index in [2.05, 4.69) is 60.6 Å². The minimum absolute atomic E-state index is 0.107. The van der Waals surface area contributed by atoms with Gasteiger partial charge in [0.05, 0.1) is 7.05 Å². The first kappa shape index (κ1) is 19.0. The van der Waals surface area contributed by atoms with Gasteiger partial charge in [0, 0.05) is 31.9 Å². The van der Waals surface area contributed by atoms with Crippen LogP contribution in [0.3, 0.4) is 0 Å². The van der Waals surface area contributed by atoms with Gasteiger partial charge in [-0.1, -0.05) is 36.4 Å². The highest BCUT2D eigenvalue weighted by Crippen LogP contribution is 2.11. The van der Waals surface area contributed by atoms with E-state index in [1.165, 1.54) is 27.3 Å². The lowest BCUT2D eigenvalue weighted by atomic mass is 10.1. The number of nitrogens with zero attached hydrogens (tertiary/aromatic N) is 1. The van der Waals surface area contributed by atoms with Gasteiger partial charge < -0.3 is 15.1 Å². The maximum Gasteiger partial charge on any atom is 0.275 e. The van der Waals surface area contributed by atoms with Crippen molar-refractivity contribution in [3.63, 3.8) is 0 Å². The van der Waals surface area contributed by atoms with Gasteiger partial charge >= 0.3 is 0 Å². The summed E-state index contributed by atoms with van der Waals surface area (Å²) in [6.07, 6.45) is 0.878. The predicted octanol–water partition coefficient (Wildman–Crippen LogP) is 1.43. The van der Waals surface area contributed by atoms with Crippen molar-refractivity contribution < 1.29 is 9.69 Å². The lowest BCUT2D eigenvalue weighted by molar-refractivity contribution is -0.885. The van der Waals surface area contributed by atoms with E-state index in [0.717, 1.165) is 13.0 Å². The smallest absolute Gasteiger partial charge is 0.275 e. The third kappa shape index (κ3) is 6.24. The highest BCUT2D eigenvalue weighted by Gasteiger charge is 2.10. The number of aryl methyl sites for hydroxylation is 1. The first-order chi connectivity index (χ1) is 12.0. The molecular formula is C21H30N3O+. The fraction of sp³-hybridized carbons (Fsp3) is 0.381. The summed E-state index contributed by atoms with van der Waals surface area (Å²) in [4.78, 5) is 15.4. The number of hydrogen-bond donors (Lipinski definition) is 2. The molecule has 0 aliphatic heterocycles. The third-order valence-electron chi connectivity index (χ3n) is 4.40. The monoisotopic (exact) mass is 340 g/mol. The van der Waals surface area contributed by atoms with Gasteiger partial charge in [0.2, 0.25) is 0 Å². The second kappa shape index (κ2) is 9.23. The first-order valence-electron chi connectivity index (χ1n) is 8.84. The molecule has 0 radical (unpaired) electrons. The molecule has 0 fully saturated rings. The quantitative estimate of drug-likeness (QED) is 0.763. The minimum Gasteiger partial charge on any atom is -0.378 e. The lowest BCUT2D eigenvalue weighted by Gasteiger charge is -2.16. The fourth-order valence-electron chi connectivity index (χ4n) is 2.89. The highest BCUT2D eigenvalue weighted by molar-refractivity contribution is 5.76. The van der Waals surface area contributed by atoms with Crippen molar-refractivity contribution in [2.45, 2.75) is 19.9 Å². The Morgan fingerprint density at radius 3 is 2.40 bits per heavy atom. The number of rotatable bonds is 8. The molecule has 4 heteroatoms. The predicted molar refractivity (Wildman–Crippen MR) is 104 cm³/mol. The number of carbonyl (C=O) groups is 1. The van der Waals surface area contributed by atoms with Crippen molar-refractivity contribution in [1.82, 2.24) is 5.32 Å². The van der Waals surface area contributed by atoms with E-state index >= 15 is 0 Å². The van der Waals surface area contributed by atoms with Crippen molar-refractivity contribution in [1.29, 1.82) is 0 Å². The number of hydrogen-bond acceptors (Lipinski definition) is 2. The van der Waals surface area contributed by atoms with Crippen LogP contribution in [0.4, 0.5) is 5.69 Å². The van der Waals surface area contributed by atoms with Crippen molar-refractivity contribution >= 4 is 11.6 Å². The summed E-state index contributed by atoms with van der Waals surface area (Å²) >= 11 is 0. The number of anilines is 1. The third-order valence-corrected chi connectivity index (χ3v) is 4.40. The van der Waals surface area contributed by atoms with Gasteiger partial charge in [-0.05, 0) is 36.6 Å². The van der Waals surface area contributed by atoms with Crippen LogP contribution in [0, 0.1) is 6.92 Å². The Hall–Kier alpha value is -2.33. The summed E-state index contributed by atoms with van der Waals surface area (Å²) in [5.74, 6) is 0.107. The molecular weight excluding hydrogens is 310 g/mol. The van der Waals surface area contributed by atoms with E-state index in [1.54, 1.807) is 0 Å². The molecule has 0 aliphatic rings. The Bertz CT molecular complexity index is 680. The molecule has 0 heterocycles. The Morgan fingerprint density at radius 2 is 1.76 bits per heavy atom. The van der Waals surface area contributed by atoms with Crippen molar-refractivity contribution in [3.05, 3.63) is 65.2 Å². The number of carbonyl (C=O) groups excluding carboxylic acids is 1. The molecule has 2 rings (SSSR count). The zero-order valence-corrected chi connectivity index (χ0v) is 15.8. The molecule has 1 atom stereocenters. The molecule has 0 saturated heterocycles. The molecule has 134 valence electrons. The van der Waals surface area contributed by atoms with Gasteiger partial charge in [0.15, 0.2) is 6.54 Å². The van der Waals surface area contributed by atoms with Gasteiger partial charge in [-0.3, -0.25) is 4.79 Å². The summed E-state index contributed by atoms with van der Waals surface area (Å²) in [5.41, 5.74) is 5.01.